The lowest BCUT2D eigenvalue weighted by atomic mass is 9.82. The average Bonchev–Trinajstić information content (AvgIpc) is 2.40. The van der Waals surface area contributed by atoms with Crippen molar-refractivity contribution in [3.05, 3.63) is 23.8 Å². The summed E-state index contributed by atoms with van der Waals surface area (Å²) in [6, 6.07) is 6.07. The summed E-state index contributed by atoms with van der Waals surface area (Å²) in [5.74, 6) is 3.39. The van der Waals surface area contributed by atoms with Crippen molar-refractivity contribution in [1.82, 2.24) is 5.32 Å². The molecule has 2 rings (SSSR count). The summed E-state index contributed by atoms with van der Waals surface area (Å²) in [5, 5.41) is 3.19. The molecule has 0 heterocycles. The van der Waals surface area contributed by atoms with Crippen LogP contribution in [-0.2, 0) is 6.54 Å². The quantitative estimate of drug-likeness (QED) is 0.891. The second-order valence-corrected chi connectivity index (χ2v) is 6.16. The van der Waals surface area contributed by atoms with Crippen LogP contribution < -0.4 is 14.8 Å². The standard InChI is InChI=1S/C17H27NO2/c1-12-7-13(2)9-16(8-12)20-17-6-5-15(19-4)10-14(17)11-18-3/h5-6,10,12-13,16,18H,7-9,11H2,1-4H3. The molecule has 112 valence electrons. The molecule has 1 N–H and O–H groups in total. The molecule has 1 aromatic carbocycles. The van der Waals surface area contributed by atoms with E-state index >= 15 is 0 Å². The van der Waals surface area contributed by atoms with Crippen molar-refractivity contribution in [2.75, 3.05) is 14.2 Å². The summed E-state index contributed by atoms with van der Waals surface area (Å²) >= 11 is 0. The van der Waals surface area contributed by atoms with Crippen LogP contribution in [0.2, 0.25) is 0 Å². The highest BCUT2D eigenvalue weighted by molar-refractivity contribution is 5.40. The van der Waals surface area contributed by atoms with Crippen molar-refractivity contribution in [3.8, 4) is 11.5 Å². The van der Waals surface area contributed by atoms with Gasteiger partial charge in [-0.15, -0.1) is 0 Å². The molecule has 0 amide bonds. The van der Waals surface area contributed by atoms with Crippen molar-refractivity contribution in [3.63, 3.8) is 0 Å². The van der Waals surface area contributed by atoms with E-state index in [2.05, 4.69) is 25.2 Å². The first-order valence-electron chi connectivity index (χ1n) is 7.60. The summed E-state index contributed by atoms with van der Waals surface area (Å²) < 4.78 is 11.6. The molecule has 0 aliphatic heterocycles. The minimum atomic E-state index is 0.345. The van der Waals surface area contributed by atoms with Crippen LogP contribution in [0.25, 0.3) is 0 Å². The first-order valence-corrected chi connectivity index (χ1v) is 7.60. The molecule has 1 aromatic rings. The van der Waals surface area contributed by atoms with Gasteiger partial charge in [-0.25, -0.2) is 0 Å². The third-order valence-electron chi connectivity index (χ3n) is 4.06. The fourth-order valence-corrected chi connectivity index (χ4v) is 3.28. The van der Waals surface area contributed by atoms with Gasteiger partial charge in [0.25, 0.3) is 0 Å². The molecule has 1 aliphatic rings. The first-order chi connectivity index (χ1) is 9.62. The van der Waals surface area contributed by atoms with E-state index in [1.54, 1.807) is 7.11 Å². The number of methoxy groups -OCH3 is 1. The molecule has 1 saturated carbocycles. The van der Waals surface area contributed by atoms with Crippen LogP contribution in [0.1, 0.15) is 38.7 Å². The number of nitrogens with one attached hydrogen (secondary N) is 1. The number of ether oxygens (including phenoxy) is 2. The van der Waals surface area contributed by atoms with E-state index in [4.69, 9.17) is 9.47 Å². The Morgan fingerprint density at radius 2 is 1.85 bits per heavy atom. The normalized spacial score (nSPS) is 26.3. The Morgan fingerprint density at radius 3 is 2.45 bits per heavy atom. The van der Waals surface area contributed by atoms with E-state index in [0.29, 0.717) is 6.10 Å². The number of rotatable bonds is 5. The van der Waals surface area contributed by atoms with E-state index in [9.17, 15) is 0 Å². The molecule has 0 spiro atoms. The summed E-state index contributed by atoms with van der Waals surface area (Å²) in [4.78, 5) is 0. The maximum atomic E-state index is 6.28. The summed E-state index contributed by atoms with van der Waals surface area (Å²) in [6.07, 6.45) is 3.99. The van der Waals surface area contributed by atoms with Gasteiger partial charge < -0.3 is 14.8 Å². The van der Waals surface area contributed by atoms with Crippen molar-refractivity contribution in [2.45, 2.75) is 45.8 Å². The maximum Gasteiger partial charge on any atom is 0.124 e. The maximum absolute atomic E-state index is 6.28. The molecule has 1 aliphatic carbocycles. The van der Waals surface area contributed by atoms with Crippen molar-refractivity contribution in [2.24, 2.45) is 11.8 Å². The van der Waals surface area contributed by atoms with Gasteiger partial charge in [-0.1, -0.05) is 13.8 Å². The van der Waals surface area contributed by atoms with Gasteiger partial charge in [-0.2, -0.15) is 0 Å². The molecule has 0 saturated heterocycles. The zero-order valence-electron chi connectivity index (χ0n) is 13.1. The largest absolute Gasteiger partial charge is 0.497 e. The molecular weight excluding hydrogens is 250 g/mol. The predicted molar refractivity (Wildman–Crippen MR) is 82.4 cm³/mol. The predicted octanol–water partition coefficient (Wildman–Crippen LogP) is 3.62. The second-order valence-electron chi connectivity index (χ2n) is 6.16. The molecule has 1 fully saturated rings. The van der Waals surface area contributed by atoms with Crippen LogP contribution in [0.3, 0.4) is 0 Å². The lowest BCUT2D eigenvalue weighted by molar-refractivity contribution is 0.0999. The minimum Gasteiger partial charge on any atom is -0.497 e. The third-order valence-corrected chi connectivity index (χ3v) is 4.06. The van der Waals surface area contributed by atoms with E-state index < -0.39 is 0 Å². The second kappa shape index (κ2) is 6.98. The van der Waals surface area contributed by atoms with Crippen LogP contribution in [0, 0.1) is 11.8 Å². The zero-order valence-corrected chi connectivity index (χ0v) is 13.1. The Labute approximate surface area is 122 Å². The Balaban J connectivity index is 2.11. The van der Waals surface area contributed by atoms with Gasteiger partial charge in [-0.3, -0.25) is 0 Å². The Kier molecular flexibility index (Phi) is 5.30. The Hall–Kier alpha value is -1.22. The SMILES string of the molecule is CNCc1cc(OC)ccc1OC1CC(C)CC(C)C1. The summed E-state index contributed by atoms with van der Waals surface area (Å²) in [5.41, 5.74) is 1.16. The summed E-state index contributed by atoms with van der Waals surface area (Å²) in [7, 11) is 3.65. The molecule has 3 nitrogen and oxygen atoms in total. The lowest BCUT2D eigenvalue weighted by Gasteiger charge is -2.32. The molecule has 0 aromatic heterocycles. The third kappa shape index (κ3) is 3.89. The van der Waals surface area contributed by atoms with Gasteiger partial charge in [0.15, 0.2) is 0 Å². The van der Waals surface area contributed by atoms with Crippen LogP contribution >= 0.6 is 0 Å². The topological polar surface area (TPSA) is 30.5 Å². The van der Waals surface area contributed by atoms with Gasteiger partial charge in [0, 0.05) is 12.1 Å². The van der Waals surface area contributed by atoms with E-state index in [-0.39, 0.29) is 0 Å². The molecule has 3 heteroatoms. The van der Waals surface area contributed by atoms with Crippen LogP contribution in [0.5, 0.6) is 11.5 Å². The van der Waals surface area contributed by atoms with Gasteiger partial charge in [0.1, 0.15) is 11.5 Å². The number of hydrogen-bond donors (Lipinski definition) is 1. The van der Waals surface area contributed by atoms with E-state index in [1.165, 1.54) is 6.42 Å². The number of hydrogen-bond acceptors (Lipinski definition) is 3. The van der Waals surface area contributed by atoms with Gasteiger partial charge >= 0.3 is 0 Å². The van der Waals surface area contributed by atoms with Crippen LogP contribution in [0.15, 0.2) is 18.2 Å². The molecule has 20 heavy (non-hydrogen) atoms. The van der Waals surface area contributed by atoms with E-state index in [0.717, 1.165) is 48.3 Å². The molecule has 0 radical (unpaired) electrons. The Morgan fingerprint density at radius 1 is 1.15 bits per heavy atom. The van der Waals surface area contributed by atoms with Crippen molar-refractivity contribution in [1.29, 1.82) is 0 Å². The smallest absolute Gasteiger partial charge is 0.124 e. The highest BCUT2D eigenvalue weighted by atomic mass is 16.5. The monoisotopic (exact) mass is 277 g/mol. The fourth-order valence-electron chi connectivity index (χ4n) is 3.28. The highest BCUT2D eigenvalue weighted by Crippen LogP contribution is 2.33. The molecule has 2 unspecified atom stereocenters. The minimum absolute atomic E-state index is 0.345. The first kappa shape index (κ1) is 15.2. The van der Waals surface area contributed by atoms with E-state index in [1.807, 2.05) is 19.2 Å². The van der Waals surface area contributed by atoms with Gasteiger partial charge in [0.05, 0.1) is 13.2 Å². The highest BCUT2D eigenvalue weighted by Gasteiger charge is 2.25. The van der Waals surface area contributed by atoms with Crippen LogP contribution in [-0.4, -0.2) is 20.3 Å². The van der Waals surface area contributed by atoms with Crippen LogP contribution in [0.4, 0.5) is 0 Å². The van der Waals surface area contributed by atoms with Gasteiger partial charge in [-0.05, 0) is 56.3 Å². The van der Waals surface area contributed by atoms with Crippen molar-refractivity contribution >= 4 is 0 Å². The lowest BCUT2D eigenvalue weighted by Crippen LogP contribution is -2.29. The fraction of sp³-hybridized carbons (Fsp3) is 0.647. The van der Waals surface area contributed by atoms with Crippen molar-refractivity contribution < 1.29 is 9.47 Å². The average molecular weight is 277 g/mol. The molecule has 2 atom stereocenters. The molecule has 0 bridgehead atoms. The number of benzene rings is 1. The molecular formula is C17H27NO2. The van der Waals surface area contributed by atoms with Gasteiger partial charge in [0.2, 0.25) is 0 Å². The zero-order chi connectivity index (χ0) is 14.5. The summed E-state index contributed by atoms with van der Waals surface area (Å²) in [6.45, 7) is 5.45. The Bertz CT molecular complexity index is 423.